The first kappa shape index (κ1) is 18.5. The van der Waals surface area contributed by atoms with Crippen LogP contribution < -0.4 is 15.4 Å². The minimum Gasteiger partial charge on any atom is -0.497 e. The molecule has 0 bridgehead atoms. The van der Waals surface area contributed by atoms with Crippen LogP contribution in [0.3, 0.4) is 0 Å². The van der Waals surface area contributed by atoms with Gasteiger partial charge in [-0.25, -0.2) is 0 Å². The second kappa shape index (κ2) is 7.56. The van der Waals surface area contributed by atoms with E-state index in [1.165, 1.54) is 0 Å². The van der Waals surface area contributed by atoms with Crippen LogP contribution in [-0.4, -0.2) is 18.9 Å². The lowest BCUT2D eigenvalue weighted by molar-refractivity contribution is -0.134. The number of hydrogen-bond acceptors (Lipinski definition) is 3. The van der Waals surface area contributed by atoms with E-state index in [0.29, 0.717) is 35.1 Å². The van der Waals surface area contributed by atoms with Crippen LogP contribution in [0.25, 0.3) is 0 Å². The molecule has 2 amide bonds. The molecule has 1 fully saturated rings. The van der Waals surface area contributed by atoms with Crippen LogP contribution in [0.5, 0.6) is 5.75 Å². The van der Waals surface area contributed by atoms with E-state index in [9.17, 15) is 9.59 Å². The first-order valence-corrected chi connectivity index (χ1v) is 8.88. The third-order valence-electron chi connectivity index (χ3n) is 4.41. The van der Waals surface area contributed by atoms with Crippen LogP contribution >= 0.6 is 23.2 Å². The van der Waals surface area contributed by atoms with Gasteiger partial charge in [0, 0.05) is 11.6 Å². The summed E-state index contributed by atoms with van der Waals surface area (Å²) in [5.41, 5.74) is 0.282. The fourth-order valence-corrected chi connectivity index (χ4v) is 2.95. The fourth-order valence-electron chi connectivity index (χ4n) is 2.61. The van der Waals surface area contributed by atoms with Crippen LogP contribution in [0.2, 0.25) is 10.0 Å². The molecule has 0 aromatic heterocycles. The van der Waals surface area contributed by atoms with Gasteiger partial charge in [-0.2, -0.15) is 0 Å². The van der Waals surface area contributed by atoms with Crippen molar-refractivity contribution in [3.63, 3.8) is 0 Å². The zero-order valence-electron chi connectivity index (χ0n) is 14.1. The van der Waals surface area contributed by atoms with Crippen molar-refractivity contribution in [2.45, 2.75) is 19.4 Å². The Bertz CT molecular complexity index is 833. The standard InChI is InChI=1S/C19H18Cl2N2O3/c1-26-14-5-2-12(3-6-14)11-22-17(24)19(8-9-19)18(25)23-16-10-13(20)4-7-15(16)21/h2-7,10H,8-9,11H2,1H3,(H,22,24)(H,23,25). The summed E-state index contributed by atoms with van der Waals surface area (Å²) in [6.45, 7) is 0.343. The summed E-state index contributed by atoms with van der Waals surface area (Å²) >= 11 is 12.0. The predicted molar refractivity (Wildman–Crippen MR) is 102 cm³/mol. The lowest BCUT2D eigenvalue weighted by atomic mass is 10.0. The van der Waals surface area contributed by atoms with Crippen molar-refractivity contribution in [3.8, 4) is 5.75 Å². The number of amides is 2. The largest absolute Gasteiger partial charge is 0.497 e. The SMILES string of the molecule is COc1ccc(CNC(=O)C2(C(=O)Nc3cc(Cl)ccc3Cl)CC2)cc1. The second-order valence-corrected chi connectivity index (χ2v) is 7.03. The summed E-state index contributed by atoms with van der Waals surface area (Å²) in [7, 11) is 1.60. The third kappa shape index (κ3) is 3.94. The first-order valence-electron chi connectivity index (χ1n) is 8.12. The van der Waals surface area contributed by atoms with Gasteiger partial charge in [-0.05, 0) is 48.7 Å². The van der Waals surface area contributed by atoms with Gasteiger partial charge in [0.25, 0.3) is 0 Å². The van der Waals surface area contributed by atoms with Crippen molar-refractivity contribution in [3.05, 3.63) is 58.1 Å². The number of carbonyl (C=O) groups is 2. The molecule has 0 heterocycles. The molecule has 1 aliphatic rings. The number of methoxy groups -OCH3 is 1. The van der Waals surface area contributed by atoms with Gasteiger partial charge in [-0.3, -0.25) is 9.59 Å². The van der Waals surface area contributed by atoms with Crippen molar-refractivity contribution in [1.82, 2.24) is 5.32 Å². The van der Waals surface area contributed by atoms with Crippen LogP contribution in [0.4, 0.5) is 5.69 Å². The van der Waals surface area contributed by atoms with Crippen LogP contribution in [0, 0.1) is 5.41 Å². The van der Waals surface area contributed by atoms with E-state index in [-0.39, 0.29) is 11.8 Å². The van der Waals surface area contributed by atoms with Gasteiger partial charge in [-0.15, -0.1) is 0 Å². The number of hydrogen-bond donors (Lipinski definition) is 2. The predicted octanol–water partition coefficient (Wildman–Crippen LogP) is 4.04. The average Bonchev–Trinajstić information content (AvgIpc) is 3.45. The van der Waals surface area contributed by atoms with E-state index in [1.807, 2.05) is 24.3 Å². The Kier molecular flexibility index (Phi) is 5.39. The van der Waals surface area contributed by atoms with Gasteiger partial charge in [0.15, 0.2) is 0 Å². The van der Waals surface area contributed by atoms with Gasteiger partial charge in [0.1, 0.15) is 11.2 Å². The lowest BCUT2D eigenvalue weighted by Crippen LogP contribution is -2.39. The Labute approximate surface area is 161 Å². The molecule has 0 unspecified atom stereocenters. The Morgan fingerprint density at radius 1 is 1.08 bits per heavy atom. The number of anilines is 1. The van der Waals surface area contributed by atoms with Crippen LogP contribution in [0.1, 0.15) is 18.4 Å². The normalized spacial score (nSPS) is 14.4. The lowest BCUT2D eigenvalue weighted by Gasteiger charge is -2.16. The number of carbonyl (C=O) groups excluding carboxylic acids is 2. The van der Waals surface area contributed by atoms with Gasteiger partial charge < -0.3 is 15.4 Å². The number of rotatable bonds is 6. The number of halogens is 2. The zero-order chi connectivity index (χ0) is 18.7. The van der Waals surface area contributed by atoms with E-state index >= 15 is 0 Å². The molecule has 2 aromatic rings. The Morgan fingerprint density at radius 2 is 1.77 bits per heavy atom. The molecule has 0 aliphatic heterocycles. The molecule has 1 saturated carbocycles. The summed E-state index contributed by atoms with van der Waals surface area (Å²) < 4.78 is 5.10. The summed E-state index contributed by atoms with van der Waals surface area (Å²) in [6.07, 6.45) is 1.01. The van der Waals surface area contributed by atoms with Gasteiger partial charge >= 0.3 is 0 Å². The van der Waals surface area contributed by atoms with E-state index in [4.69, 9.17) is 27.9 Å². The highest BCUT2D eigenvalue weighted by Gasteiger charge is 2.56. The summed E-state index contributed by atoms with van der Waals surface area (Å²) in [5.74, 6) is 0.0920. The van der Waals surface area contributed by atoms with Crippen LogP contribution in [0.15, 0.2) is 42.5 Å². The van der Waals surface area contributed by atoms with Crippen molar-refractivity contribution in [1.29, 1.82) is 0 Å². The molecular weight excluding hydrogens is 375 g/mol. The van der Waals surface area contributed by atoms with Crippen molar-refractivity contribution >= 4 is 40.7 Å². The molecule has 5 nitrogen and oxygen atoms in total. The first-order chi connectivity index (χ1) is 12.4. The maximum Gasteiger partial charge on any atom is 0.240 e. The highest BCUT2D eigenvalue weighted by Crippen LogP contribution is 2.47. The molecule has 7 heteroatoms. The number of benzene rings is 2. The molecule has 0 saturated heterocycles. The molecule has 0 radical (unpaired) electrons. The monoisotopic (exact) mass is 392 g/mol. The minimum absolute atomic E-state index is 0.288. The van der Waals surface area contributed by atoms with Crippen LogP contribution in [-0.2, 0) is 16.1 Å². The summed E-state index contributed by atoms with van der Waals surface area (Å²) in [4.78, 5) is 25.2. The summed E-state index contributed by atoms with van der Waals surface area (Å²) in [6, 6.07) is 12.2. The topological polar surface area (TPSA) is 67.4 Å². The highest BCUT2D eigenvalue weighted by molar-refractivity contribution is 6.36. The molecule has 0 atom stereocenters. The average molecular weight is 393 g/mol. The van der Waals surface area contributed by atoms with E-state index in [0.717, 1.165) is 11.3 Å². The van der Waals surface area contributed by atoms with E-state index in [2.05, 4.69) is 10.6 Å². The molecule has 3 rings (SSSR count). The summed E-state index contributed by atoms with van der Waals surface area (Å²) in [5, 5.41) is 6.38. The maximum absolute atomic E-state index is 12.6. The van der Waals surface area contributed by atoms with Crippen molar-refractivity contribution < 1.29 is 14.3 Å². The Balaban J connectivity index is 1.62. The van der Waals surface area contributed by atoms with Crippen molar-refractivity contribution in [2.75, 3.05) is 12.4 Å². The molecule has 2 N–H and O–H groups in total. The van der Waals surface area contributed by atoms with Gasteiger partial charge in [0.2, 0.25) is 11.8 Å². The van der Waals surface area contributed by atoms with Gasteiger partial charge in [0.05, 0.1) is 17.8 Å². The van der Waals surface area contributed by atoms with E-state index in [1.54, 1.807) is 25.3 Å². The minimum atomic E-state index is -1.04. The van der Waals surface area contributed by atoms with Gasteiger partial charge in [-0.1, -0.05) is 35.3 Å². The number of nitrogens with one attached hydrogen (secondary N) is 2. The molecule has 0 spiro atoms. The Morgan fingerprint density at radius 3 is 2.38 bits per heavy atom. The quantitative estimate of drug-likeness (QED) is 0.728. The maximum atomic E-state index is 12.6. The third-order valence-corrected chi connectivity index (χ3v) is 4.97. The van der Waals surface area contributed by atoms with Crippen molar-refractivity contribution in [2.24, 2.45) is 5.41 Å². The molecule has 136 valence electrons. The fraction of sp³-hybridized carbons (Fsp3) is 0.263. The number of ether oxygens (including phenoxy) is 1. The zero-order valence-corrected chi connectivity index (χ0v) is 15.7. The molecule has 2 aromatic carbocycles. The second-order valence-electron chi connectivity index (χ2n) is 6.19. The Hall–Kier alpha value is -2.24. The molecule has 1 aliphatic carbocycles. The smallest absolute Gasteiger partial charge is 0.240 e. The molecular formula is C19H18Cl2N2O3. The van der Waals surface area contributed by atoms with E-state index < -0.39 is 5.41 Å². The molecule has 26 heavy (non-hydrogen) atoms. The highest BCUT2D eigenvalue weighted by atomic mass is 35.5.